The van der Waals surface area contributed by atoms with E-state index in [1.165, 1.54) is 4.90 Å². The fourth-order valence-electron chi connectivity index (χ4n) is 1.36. The van der Waals surface area contributed by atoms with E-state index in [0.29, 0.717) is 18.6 Å². The maximum Gasteiger partial charge on any atom is 0.405 e. The van der Waals surface area contributed by atoms with Crippen LogP contribution in [0.4, 0.5) is 18.0 Å². The maximum absolute atomic E-state index is 11.8. The predicted octanol–water partition coefficient (Wildman–Crippen LogP) is 1.18. The van der Waals surface area contributed by atoms with Gasteiger partial charge in [0, 0.05) is 25.9 Å². The Kier molecular flexibility index (Phi) is 3.97. The van der Waals surface area contributed by atoms with E-state index in [2.05, 4.69) is 5.16 Å². The van der Waals surface area contributed by atoms with E-state index in [1.54, 1.807) is 5.32 Å². The number of hydrogen-bond donors (Lipinski definition) is 2. The number of likely N-dealkylation sites (tertiary alicyclic amines) is 1. The minimum Gasteiger partial charge on any atom is -0.411 e. The first kappa shape index (κ1) is 12.6. The molecule has 0 unspecified atom stereocenters. The summed E-state index contributed by atoms with van der Waals surface area (Å²) < 4.78 is 35.4. The van der Waals surface area contributed by atoms with E-state index >= 15 is 0 Å². The Morgan fingerprint density at radius 1 is 1.44 bits per heavy atom. The number of alkyl halides is 3. The van der Waals surface area contributed by atoms with Crippen molar-refractivity contribution in [3.8, 4) is 0 Å². The summed E-state index contributed by atoms with van der Waals surface area (Å²) in [4.78, 5) is 12.5. The van der Waals surface area contributed by atoms with Crippen molar-refractivity contribution in [2.75, 3.05) is 19.6 Å². The van der Waals surface area contributed by atoms with Gasteiger partial charge < -0.3 is 15.4 Å². The van der Waals surface area contributed by atoms with Gasteiger partial charge in [0.25, 0.3) is 0 Å². The molecule has 8 heteroatoms. The van der Waals surface area contributed by atoms with Crippen molar-refractivity contribution < 1.29 is 23.2 Å². The smallest absolute Gasteiger partial charge is 0.405 e. The van der Waals surface area contributed by atoms with Gasteiger partial charge in [0.15, 0.2) is 0 Å². The first-order valence-corrected chi connectivity index (χ1v) is 4.71. The topological polar surface area (TPSA) is 64.9 Å². The van der Waals surface area contributed by atoms with E-state index in [1.807, 2.05) is 0 Å². The largest absolute Gasteiger partial charge is 0.411 e. The van der Waals surface area contributed by atoms with Crippen LogP contribution in [0.1, 0.15) is 12.8 Å². The van der Waals surface area contributed by atoms with Gasteiger partial charge in [-0.25, -0.2) is 4.79 Å². The Labute approximate surface area is 89.9 Å². The van der Waals surface area contributed by atoms with Crippen molar-refractivity contribution in [2.24, 2.45) is 5.16 Å². The molecule has 0 aliphatic carbocycles. The second-order valence-electron chi connectivity index (χ2n) is 3.43. The van der Waals surface area contributed by atoms with E-state index in [0.717, 1.165) is 0 Å². The number of nitrogens with one attached hydrogen (secondary N) is 1. The zero-order chi connectivity index (χ0) is 12.2. The molecule has 0 aromatic heterocycles. The summed E-state index contributed by atoms with van der Waals surface area (Å²) in [5.74, 6) is 0. The number of nitrogens with zero attached hydrogens (tertiary/aromatic N) is 2. The van der Waals surface area contributed by atoms with Crippen LogP contribution in [0.15, 0.2) is 5.16 Å². The number of urea groups is 1. The molecule has 0 atom stereocenters. The molecule has 1 heterocycles. The van der Waals surface area contributed by atoms with Crippen LogP contribution in [-0.4, -0.2) is 47.7 Å². The molecule has 0 spiro atoms. The summed E-state index contributed by atoms with van der Waals surface area (Å²) in [5.41, 5.74) is 0.555. The van der Waals surface area contributed by atoms with Crippen molar-refractivity contribution in [3.63, 3.8) is 0 Å². The van der Waals surface area contributed by atoms with Crippen LogP contribution in [0.25, 0.3) is 0 Å². The lowest BCUT2D eigenvalue weighted by Crippen LogP contribution is -2.47. The fraction of sp³-hybridized carbons (Fsp3) is 0.750. The van der Waals surface area contributed by atoms with Crippen LogP contribution < -0.4 is 5.32 Å². The van der Waals surface area contributed by atoms with Crippen LogP contribution in [0.2, 0.25) is 0 Å². The monoisotopic (exact) mass is 239 g/mol. The van der Waals surface area contributed by atoms with Crippen molar-refractivity contribution >= 4 is 11.7 Å². The highest BCUT2D eigenvalue weighted by Crippen LogP contribution is 2.13. The second-order valence-corrected chi connectivity index (χ2v) is 3.43. The minimum atomic E-state index is -4.40. The third kappa shape index (κ3) is 3.95. The van der Waals surface area contributed by atoms with Gasteiger partial charge in [0.2, 0.25) is 0 Å². The normalized spacial score (nSPS) is 17.2. The Morgan fingerprint density at radius 2 is 2.00 bits per heavy atom. The summed E-state index contributed by atoms with van der Waals surface area (Å²) in [7, 11) is 0. The third-order valence-electron chi connectivity index (χ3n) is 2.21. The van der Waals surface area contributed by atoms with Crippen LogP contribution in [0.5, 0.6) is 0 Å². The predicted molar refractivity (Wildman–Crippen MR) is 49.5 cm³/mol. The van der Waals surface area contributed by atoms with Gasteiger partial charge >= 0.3 is 12.2 Å². The van der Waals surface area contributed by atoms with Gasteiger partial charge in [-0.05, 0) is 0 Å². The molecule has 1 rings (SSSR count). The number of rotatable bonds is 1. The molecule has 0 saturated carbocycles. The van der Waals surface area contributed by atoms with Crippen molar-refractivity contribution in [3.05, 3.63) is 0 Å². The van der Waals surface area contributed by atoms with Crippen LogP contribution >= 0.6 is 0 Å². The van der Waals surface area contributed by atoms with Gasteiger partial charge in [-0.2, -0.15) is 13.2 Å². The van der Waals surface area contributed by atoms with E-state index in [9.17, 15) is 18.0 Å². The maximum atomic E-state index is 11.8. The second kappa shape index (κ2) is 5.04. The highest BCUT2D eigenvalue weighted by Gasteiger charge is 2.29. The summed E-state index contributed by atoms with van der Waals surface area (Å²) in [6.07, 6.45) is -3.63. The highest BCUT2D eigenvalue weighted by molar-refractivity contribution is 5.86. The summed E-state index contributed by atoms with van der Waals surface area (Å²) in [6.45, 7) is -0.796. The molecular weight excluding hydrogens is 227 g/mol. The van der Waals surface area contributed by atoms with Gasteiger partial charge in [-0.3, -0.25) is 0 Å². The SMILES string of the molecule is O=C(NCC(F)(F)F)N1CCC(=NO)CC1. The molecule has 92 valence electrons. The van der Waals surface area contributed by atoms with Gasteiger partial charge in [-0.15, -0.1) is 0 Å². The molecule has 0 aromatic carbocycles. The lowest BCUT2D eigenvalue weighted by molar-refractivity contribution is -0.123. The quantitative estimate of drug-likeness (QED) is 0.533. The van der Waals surface area contributed by atoms with Crippen molar-refractivity contribution in [2.45, 2.75) is 19.0 Å². The van der Waals surface area contributed by atoms with Crippen molar-refractivity contribution in [1.29, 1.82) is 0 Å². The number of piperidine rings is 1. The fourth-order valence-corrected chi connectivity index (χ4v) is 1.36. The number of halogens is 3. The Bertz CT molecular complexity index is 281. The zero-order valence-corrected chi connectivity index (χ0v) is 8.42. The third-order valence-corrected chi connectivity index (χ3v) is 2.21. The average Bonchev–Trinajstić information content (AvgIpc) is 2.25. The standard InChI is InChI=1S/C8H12F3N3O2/c9-8(10,11)5-12-7(15)14-3-1-6(13-16)2-4-14/h16H,1-5H2,(H,12,15). The lowest BCUT2D eigenvalue weighted by atomic mass is 10.1. The van der Waals surface area contributed by atoms with Gasteiger partial charge in [-0.1, -0.05) is 5.16 Å². The van der Waals surface area contributed by atoms with E-state index in [4.69, 9.17) is 5.21 Å². The summed E-state index contributed by atoms with van der Waals surface area (Å²) >= 11 is 0. The lowest BCUT2D eigenvalue weighted by Gasteiger charge is -2.27. The Hall–Kier alpha value is -1.47. The molecule has 0 bridgehead atoms. The molecule has 2 N–H and O–H groups in total. The first-order valence-electron chi connectivity index (χ1n) is 4.71. The van der Waals surface area contributed by atoms with E-state index < -0.39 is 18.8 Å². The zero-order valence-electron chi connectivity index (χ0n) is 8.42. The van der Waals surface area contributed by atoms with Crippen LogP contribution in [-0.2, 0) is 0 Å². The summed E-state index contributed by atoms with van der Waals surface area (Å²) in [6, 6.07) is -0.741. The van der Waals surface area contributed by atoms with Crippen LogP contribution in [0.3, 0.4) is 0 Å². The molecule has 5 nitrogen and oxygen atoms in total. The van der Waals surface area contributed by atoms with E-state index in [-0.39, 0.29) is 13.1 Å². The molecule has 0 radical (unpaired) electrons. The van der Waals surface area contributed by atoms with Gasteiger partial charge in [0.1, 0.15) is 6.54 Å². The number of hydrogen-bond acceptors (Lipinski definition) is 3. The summed E-state index contributed by atoms with van der Waals surface area (Å²) in [5, 5.41) is 13.2. The number of carbonyl (C=O) groups excluding carboxylic acids is 1. The molecule has 1 saturated heterocycles. The molecule has 0 aromatic rings. The number of amides is 2. The van der Waals surface area contributed by atoms with Crippen LogP contribution in [0, 0.1) is 0 Å². The minimum absolute atomic E-state index is 0.267. The average molecular weight is 239 g/mol. The molecule has 16 heavy (non-hydrogen) atoms. The van der Waals surface area contributed by atoms with Crippen molar-refractivity contribution in [1.82, 2.24) is 10.2 Å². The number of oxime groups is 1. The molecular formula is C8H12F3N3O2. The highest BCUT2D eigenvalue weighted by atomic mass is 19.4. The molecule has 2 amide bonds. The molecule has 1 aliphatic rings. The molecule has 1 aliphatic heterocycles. The first-order chi connectivity index (χ1) is 7.42. The van der Waals surface area contributed by atoms with Gasteiger partial charge in [0.05, 0.1) is 5.71 Å². The Balaban J connectivity index is 2.34. The number of carbonyl (C=O) groups is 1. The Morgan fingerprint density at radius 3 is 2.44 bits per heavy atom. The molecule has 1 fully saturated rings.